The summed E-state index contributed by atoms with van der Waals surface area (Å²) in [4.78, 5) is 4.54. The molecule has 0 saturated carbocycles. The highest BCUT2D eigenvalue weighted by molar-refractivity contribution is 9.10. The van der Waals surface area contributed by atoms with Crippen LogP contribution in [-0.2, 0) is 6.54 Å². The number of nitrogens with one attached hydrogen (secondary N) is 1. The third-order valence-corrected chi connectivity index (χ3v) is 4.00. The molecule has 0 fully saturated rings. The van der Waals surface area contributed by atoms with Crippen molar-refractivity contribution in [1.29, 1.82) is 0 Å². The van der Waals surface area contributed by atoms with E-state index in [4.69, 9.17) is 0 Å². The van der Waals surface area contributed by atoms with E-state index >= 15 is 0 Å². The molecule has 96 valence electrons. The van der Waals surface area contributed by atoms with E-state index in [-0.39, 0.29) is 5.82 Å². The Morgan fingerprint density at radius 2 is 2.28 bits per heavy atom. The molecule has 1 aromatic carbocycles. The van der Waals surface area contributed by atoms with E-state index in [0.717, 1.165) is 35.8 Å². The summed E-state index contributed by atoms with van der Waals surface area (Å²) in [5.74, 6) is -0.250. The smallest absolute Gasteiger partial charge is 0.137 e. The Balaban J connectivity index is 2.11. The summed E-state index contributed by atoms with van der Waals surface area (Å²) < 4.78 is 13.6. The lowest BCUT2D eigenvalue weighted by atomic mass is 10.2. The van der Waals surface area contributed by atoms with Crippen molar-refractivity contribution in [2.45, 2.75) is 19.9 Å². The van der Waals surface area contributed by atoms with E-state index < -0.39 is 0 Å². The molecule has 1 aromatic heterocycles. The molecular formula is C13H14BrFN2S. The van der Waals surface area contributed by atoms with Crippen molar-refractivity contribution in [3.63, 3.8) is 0 Å². The second-order valence-corrected chi connectivity index (χ2v) is 5.66. The number of nitrogens with zero attached hydrogens (tertiary/aromatic N) is 1. The Bertz CT molecular complexity index is 527. The van der Waals surface area contributed by atoms with E-state index in [9.17, 15) is 4.39 Å². The quantitative estimate of drug-likeness (QED) is 0.831. The molecule has 0 radical (unpaired) electrons. The minimum Gasteiger partial charge on any atom is -0.311 e. The summed E-state index contributed by atoms with van der Waals surface area (Å²) in [5, 5.41) is 6.27. The van der Waals surface area contributed by atoms with Crippen molar-refractivity contribution < 1.29 is 4.39 Å². The van der Waals surface area contributed by atoms with Crippen LogP contribution in [-0.4, -0.2) is 11.5 Å². The van der Waals surface area contributed by atoms with Crippen LogP contribution in [0.15, 0.2) is 28.1 Å². The van der Waals surface area contributed by atoms with E-state index in [1.54, 1.807) is 23.5 Å². The summed E-state index contributed by atoms with van der Waals surface area (Å²) in [6.45, 7) is 3.91. The predicted octanol–water partition coefficient (Wildman–Crippen LogP) is 4.21. The number of rotatable bonds is 5. The molecule has 0 aliphatic heterocycles. The van der Waals surface area contributed by atoms with Gasteiger partial charge in [0.05, 0.1) is 10.2 Å². The Kier molecular flexibility index (Phi) is 4.86. The molecule has 1 heterocycles. The van der Waals surface area contributed by atoms with E-state index in [1.807, 2.05) is 5.38 Å². The Labute approximate surface area is 118 Å². The molecular weight excluding hydrogens is 315 g/mol. The number of hydrogen-bond donors (Lipinski definition) is 1. The Morgan fingerprint density at radius 1 is 1.44 bits per heavy atom. The predicted molar refractivity (Wildman–Crippen MR) is 77.2 cm³/mol. The maximum absolute atomic E-state index is 13.2. The molecule has 0 aliphatic rings. The van der Waals surface area contributed by atoms with Crippen LogP contribution in [0, 0.1) is 5.82 Å². The van der Waals surface area contributed by atoms with Crippen molar-refractivity contribution in [1.82, 2.24) is 10.3 Å². The van der Waals surface area contributed by atoms with Gasteiger partial charge in [0.1, 0.15) is 10.8 Å². The van der Waals surface area contributed by atoms with Crippen molar-refractivity contribution in [3.05, 3.63) is 39.6 Å². The Hall–Kier alpha value is -0.780. The minimum absolute atomic E-state index is 0.250. The zero-order valence-electron chi connectivity index (χ0n) is 10.0. The third kappa shape index (κ3) is 3.37. The van der Waals surface area contributed by atoms with Gasteiger partial charge in [-0.1, -0.05) is 6.92 Å². The molecule has 0 unspecified atom stereocenters. The molecule has 1 N–H and O–H groups in total. The first-order valence-corrected chi connectivity index (χ1v) is 7.48. The van der Waals surface area contributed by atoms with Crippen LogP contribution in [0.25, 0.3) is 10.6 Å². The van der Waals surface area contributed by atoms with Gasteiger partial charge in [0.15, 0.2) is 0 Å². The van der Waals surface area contributed by atoms with Crippen molar-refractivity contribution in [2.24, 2.45) is 0 Å². The molecule has 18 heavy (non-hydrogen) atoms. The molecule has 0 aliphatic carbocycles. The molecule has 2 rings (SSSR count). The fraction of sp³-hybridized carbons (Fsp3) is 0.308. The largest absolute Gasteiger partial charge is 0.311 e. The lowest BCUT2D eigenvalue weighted by Gasteiger charge is -2.00. The molecule has 2 aromatic rings. The highest BCUT2D eigenvalue weighted by Gasteiger charge is 2.07. The van der Waals surface area contributed by atoms with Gasteiger partial charge >= 0.3 is 0 Å². The summed E-state index contributed by atoms with van der Waals surface area (Å²) in [6, 6.07) is 4.97. The average Bonchev–Trinajstić information content (AvgIpc) is 2.82. The first kappa shape index (κ1) is 13.6. The van der Waals surface area contributed by atoms with Crippen LogP contribution < -0.4 is 5.32 Å². The minimum atomic E-state index is -0.250. The third-order valence-electron chi connectivity index (χ3n) is 2.45. The number of hydrogen-bond acceptors (Lipinski definition) is 3. The van der Waals surface area contributed by atoms with Gasteiger partial charge in [-0.25, -0.2) is 9.37 Å². The number of aromatic nitrogens is 1. The van der Waals surface area contributed by atoms with Crippen LogP contribution >= 0.6 is 27.3 Å². The lowest BCUT2D eigenvalue weighted by molar-refractivity contribution is 0.621. The lowest BCUT2D eigenvalue weighted by Crippen LogP contribution is -2.13. The fourth-order valence-corrected chi connectivity index (χ4v) is 2.74. The second-order valence-electron chi connectivity index (χ2n) is 3.95. The van der Waals surface area contributed by atoms with Crippen LogP contribution in [0.2, 0.25) is 0 Å². The summed E-state index contributed by atoms with van der Waals surface area (Å²) in [7, 11) is 0. The molecule has 2 nitrogen and oxygen atoms in total. The normalized spacial score (nSPS) is 10.8. The number of thiazole rings is 1. The Morgan fingerprint density at radius 3 is 3.00 bits per heavy atom. The zero-order chi connectivity index (χ0) is 13.0. The summed E-state index contributed by atoms with van der Waals surface area (Å²) in [6.07, 6.45) is 1.11. The van der Waals surface area contributed by atoms with Crippen LogP contribution in [0.4, 0.5) is 4.39 Å². The molecule has 0 atom stereocenters. The van der Waals surface area contributed by atoms with Gasteiger partial charge in [0, 0.05) is 17.5 Å². The van der Waals surface area contributed by atoms with Gasteiger partial charge in [-0.2, -0.15) is 0 Å². The van der Waals surface area contributed by atoms with Gasteiger partial charge in [0.2, 0.25) is 0 Å². The highest BCUT2D eigenvalue weighted by Crippen LogP contribution is 2.27. The van der Waals surface area contributed by atoms with Crippen molar-refractivity contribution in [3.8, 4) is 10.6 Å². The average molecular weight is 329 g/mol. The van der Waals surface area contributed by atoms with Crippen molar-refractivity contribution >= 4 is 27.3 Å². The van der Waals surface area contributed by atoms with Gasteiger partial charge in [-0.05, 0) is 47.1 Å². The molecule has 0 saturated heterocycles. The van der Waals surface area contributed by atoms with Gasteiger partial charge in [-0.15, -0.1) is 11.3 Å². The van der Waals surface area contributed by atoms with Gasteiger partial charge in [0.25, 0.3) is 0 Å². The SMILES string of the molecule is CCCNCc1csc(-c2ccc(F)c(Br)c2)n1. The van der Waals surface area contributed by atoms with Crippen molar-refractivity contribution in [2.75, 3.05) is 6.54 Å². The van der Waals surface area contributed by atoms with E-state index in [1.165, 1.54) is 6.07 Å². The topological polar surface area (TPSA) is 24.9 Å². The number of benzene rings is 1. The molecule has 0 spiro atoms. The van der Waals surface area contributed by atoms with Crippen LogP contribution in [0.5, 0.6) is 0 Å². The maximum Gasteiger partial charge on any atom is 0.137 e. The maximum atomic E-state index is 13.2. The standard InChI is InChI=1S/C13H14BrFN2S/c1-2-5-16-7-10-8-18-13(17-10)9-3-4-12(15)11(14)6-9/h3-4,6,8,16H,2,5,7H2,1H3. The molecule has 5 heteroatoms. The molecule has 0 amide bonds. The monoisotopic (exact) mass is 328 g/mol. The summed E-state index contributed by atoms with van der Waals surface area (Å²) >= 11 is 4.77. The first-order valence-electron chi connectivity index (χ1n) is 5.81. The summed E-state index contributed by atoms with van der Waals surface area (Å²) in [5.41, 5.74) is 1.97. The highest BCUT2D eigenvalue weighted by atomic mass is 79.9. The molecule has 0 bridgehead atoms. The van der Waals surface area contributed by atoms with E-state index in [2.05, 4.69) is 33.2 Å². The van der Waals surface area contributed by atoms with Crippen LogP contribution in [0.1, 0.15) is 19.0 Å². The fourth-order valence-electron chi connectivity index (χ4n) is 1.54. The zero-order valence-corrected chi connectivity index (χ0v) is 12.4. The first-order chi connectivity index (χ1) is 8.70. The second kappa shape index (κ2) is 6.41. The van der Waals surface area contributed by atoms with E-state index in [0.29, 0.717) is 4.47 Å². The van der Waals surface area contributed by atoms with Gasteiger partial charge < -0.3 is 5.32 Å². The number of halogens is 2. The van der Waals surface area contributed by atoms with Crippen LogP contribution in [0.3, 0.4) is 0 Å². The van der Waals surface area contributed by atoms with Gasteiger partial charge in [-0.3, -0.25) is 0 Å².